The van der Waals surface area contributed by atoms with Gasteiger partial charge in [-0.3, -0.25) is 0 Å². The summed E-state index contributed by atoms with van der Waals surface area (Å²) < 4.78 is 9.48. The maximum atomic E-state index is 10.9. The summed E-state index contributed by atoms with van der Waals surface area (Å²) in [6.07, 6.45) is 0.172. The lowest BCUT2D eigenvalue weighted by Crippen LogP contribution is -2.08. The number of amides is 2. The van der Waals surface area contributed by atoms with Gasteiger partial charge in [0.15, 0.2) is 0 Å². The molecule has 0 rings (SSSR count). The molecule has 0 aromatic rings. The van der Waals surface area contributed by atoms with Gasteiger partial charge in [-0.15, -0.1) is 0 Å². The Kier molecular flexibility index (Phi) is 8.32. The molecule has 0 saturated heterocycles. The Morgan fingerprint density at radius 2 is 1.88 bits per heavy atom. The average molecular weight is 246 g/mol. The largest absolute Gasteiger partial charge is 0.507 e. The van der Waals surface area contributed by atoms with Crippen LogP contribution >= 0.6 is 0 Å². The number of azo groups is 1. The van der Waals surface area contributed by atoms with Gasteiger partial charge in [0.1, 0.15) is 0 Å². The van der Waals surface area contributed by atoms with Crippen LogP contribution in [0.4, 0.5) is 9.59 Å². The number of hydrogen-bond acceptors (Lipinski definition) is 4. The molecule has 0 aromatic heterocycles. The van der Waals surface area contributed by atoms with Crippen molar-refractivity contribution in [3.8, 4) is 0 Å². The lowest BCUT2D eigenvalue weighted by Gasteiger charge is -2.02. The molecule has 0 unspecified atom stereocenters. The molecule has 0 aliphatic carbocycles. The normalized spacial score (nSPS) is 11.5. The molecule has 0 fully saturated rings. The average Bonchev–Trinajstić information content (AvgIpc) is 2.20. The van der Waals surface area contributed by atoms with Gasteiger partial charge < -0.3 is 9.16 Å². The number of rotatable bonds is 5. The molecular formula is C9H18N2O4Si. The van der Waals surface area contributed by atoms with Crippen LogP contribution in [0, 0.1) is 0 Å². The van der Waals surface area contributed by atoms with Crippen LogP contribution in [0.1, 0.15) is 33.6 Å². The van der Waals surface area contributed by atoms with Crippen molar-refractivity contribution in [2.24, 2.45) is 10.2 Å². The molecule has 0 radical (unpaired) electrons. The standard InChI is InChI=1S/C9H18N2O4Si/c1-4-5-6-16-15-9(13)11-10-8(12)14-7(2)3/h7H,4-6,16H2,1-3H3. The summed E-state index contributed by atoms with van der Waals surface area (Å²) in [5.74, 6) is 0. The Labute approximate surface area is 97.4 Å². The molecule has 0 aliphatic heterocycles. The monoisotopic (exact) mass is 246 g/mol. The fourth-order valence-corrected chi connectivity index (χ4v) is 1.93. The van der Waals surface area contributed by atoms with E-state index < -0.39 is 21.9 Å². The molecule has 0 heterocycles. The van der Waals surface area contributed by atoms with Gasteiger partial charge in [0, 0.05) is 0 Å². The maximum absolute atomic E-state index is 10.9. The zero-order valence-corrected chi connectivity index (χ0v) is 11.3. The van der Waals surface area contributed by atoms with Crippen LogP contribution in [0.5, 0.6) is 0 Å². The second-order valence-corrected chi connectivity index (χ2v) is 4.86. The van der Waals surface area contributed by atoms with Gasteiger partial charge >= 0.3 is 12.2 Å². The minimum Gasteiger partial charge on any atom is -0.507 e. The SMILES string of the molecule is CCCC[SiH2]OC(=O)N=NC(=O)OC(C)C. The minimum atomic E-state index is -0.873. The summed E-state index contributed by atoms with van der Waals surface area (Å²) in [7, 11) is -0.869. The van der Waals surface area contributed by atoms with E-state index in [9.17, 15) is 9.59 Å². The predicted molar refractivity (Wildman–Crippen MR) is 61.2 cm³/mol. The zero-order chi connectivity index (χ0) is 12.4. The highest BCUT2D eigenvalue weighted by atomic mass is 28.2. The van der Waals surface area contributed by atoms with Gasteiger partial charge in [0.2, 0.25) is 9.76 Å². The number of carbonyl (C=O) groups excluding carboxylic acids is 2. The van der Waals surface area contributed by atoms with Crippen LogP contribution in [0.3, 0.4) is 0 Å². The first-order chi connectivity index (χ1) is 7.56. The minimum absolute atomic E-state index is 0.276. The van der Waals surface area contributed by atoms with Crippen molar-refractivity contribution in [3.63, 3.8) is 0 Å². The Bertz CT molecular complexity index is 256. The Hall–Kier alpha value is -1.24. The van der Waals surface area contributed by atoms with Crippen molar-refractivity contribution in [3.05, 3.63) is 0 Å². The van der Waals surface area contributed by atoms with Gasteiger partial charge in [-0.25, -0.2) is 9.59 Å². The molecule has 0 aromatic carbocycles. The highest BCUT2D eigenvalue weighted by Gasteiger charge is 2.05. The third kappa shape index (κ3) is 9.32. The predicted octanol–water partition coefficient (Wildman–Crippen LogP) is 2.42. The van der Waals surface area contributed by atoms with E-state index in [4.69, 9.17) is 4.43 Å². The van der Waals surface area contributed by atoms with Gasteiger partial charge in [0.05, 0.1) is 6.10 Å². The third-order valence-electron chi connectivity index (χ3n) is 1.52. The van der Waals surface area contributed by atoms with E-state index in [1.165, 1.54) is 0 Å². The molecule has 0 atom stereocenters. The Balaban J connectivity index is 3.69. The first-order valence-corrected chi connectivity index (χ1v) is 6.93. The van der Waals surface area contributed by atoms with Gasteiger partial charge in [-0.2, -0.15) is 0 Å². The molecule has 0 bridgehead atoms. The summed E-state index contributed by atoms with van der Waals surface area (Å²) >= 11 is 0. The van der Waals surface area contributed by atoms with Crippen LogP contribution in [0.2, 0.25) is 6.04 Å². The zero-order valence-electron chi connectivity index (χ0n) is 9.93. The van der Waals surface area contributed by atoms with E-state index in [-0.39, 0.29) is 6.10 Å². The fourth-order valence-electron chi connectivity index (χ4n) is 0.847. The highest BCUT2D eigenvalue weighted by Crippen LogP contribution is 1.97. The third-order valence-corrected chi connectivity index (χ3v) is 2.76. The summed E-state index contributed by atoms with van der Waals surface area (Å²) in [6.45, 7) is 5.44. The molecule has 6 nitrogen and oxygen atoms in total. The first-order valence-electron chi connectivity index (χ1n) is 5.35. The molecule has 2 amide bonds. The maximum Gasteiger partial charge on any atom is 0.452 e. The smallest absolute Gasteiger partial charge is 0.452 e. The van der Waals surface area contributed by atoms with Crippen molar-refractivity contribution >= 4 is 21.9 Å². The second-order valence-electron chi connectivity index (χ2n) is 3.45. The van der Waals surface area contributed by atoms with Crippen molar-refractivity contribution < 1.29 is 18.8 Å². The topological polar surface area (TPSA) is 77.3 Å². The van der Waals surface area contributed by atoms with Crippen molar-refractivity contribution in [2.75, 3.05) is 0 Å². The van der Waals surface area contributed by atoms with Crippen molar-refractivity contribution in [1.29, 1.82) is 0 Å². The number of unbranched alkanes of at least 4 members (excludes halogenated alkanes) is 1. The highest BCUT2D eigenvalue weighted by molar-refractivity contribution is 6.30. The molecular weight excluding hydrogens is 228 g/mol. The second kappa shape index (κ2) is 9.02. The fraction of sp³-hybridized carbons (Fsp3) is 0.778. The molecule has 0 saturated carbocycles. The van der Waals surface area contributed by atoms with Crippen LogP contribution < -0.4 is 0 Å². The molecule has 7 heteroatoms. The Morgan fingerprint density at radius 3 is 2.44 bits per heavy atom. The van der Waals surface area contributed by atoms with E-state index >= 15 is 0 Å². The van der Waals surface area contributed by atoms with Crippen molar-refractivity contribution in [2.45, 2.75) is 45.8 Å². The van der Waals surface area contributed by atoms with E-state index in [0.717, 1.165) is 18.9 Å². The molecule has 0 N–H and O–H groups in total. The Morgan fingerprint density at radius 1 is 1.25 bits per heavy atom. The lowest BCUT2D eigenvalue weighted by molar-refractivity contribution is 0.123. The van der Waals surface area contributed by atoms with E-state index in [1.54, 1.807) is 13.8 Å². The van der Waals surface area contributed by atoms with Gasteiger partial charge in [-0.05, 0) is 19.9 Å². The van der Waals surface area contributed by atoms with Crippen LogP contribution in [-0.4, -0.2) is 28.1 Å². The summed E-state index contributed by atoms with van der Waals surface area (Å²) in [5, 5.41) is 6.17. The molecule has 0 spiro atoms. The summed E-state index contributed by atoms with van der Waals surface area (Å²) in [4.78, 5) is 21.8. The van der Waals surface area contributed by atoms with Gasteiger partial charge in [-0.1, -0.05) is 30.0 Å². The number of hydrogen-bond donors (Lipinski definition) is 0. The first kappa shape index (κ1) is 14.8. The van der Waals surface area contributed by atoms with E-state index in [2.05, 4.69) is 21.9 Å². The quantitative estimate of drug-likeness (QED) is 0.424. The van der Waals surface area contributed by atoms with E-state index in [1.807, 2.05) is 0 Å². The summed E-state index contributed by atoms with van der Waals surface area (Å²) in [6, 6.07) is 0.925. The van der Waals surface area contributed by atoms with Crippen LogP contribution in [0.15, 0.2) is 10.2 Å². The molecule has 0 aliphatic rings. The molecule has 16 heavy (non-hydrogen) atoms. The van der Waals surface area contributed by atoms with Crippen molar-refractivity contribution in [1.82, 2.24) is 0 Å². The van der Waals surface area contributed by atoms with E-state index in [0.29, 0.717) is 0 Å². The molecule has 92 valence electrons. The summed E-state index contributed by atoms with van der Waals surface area (Å²) in [5.41, 5.74) is 0. The number of ether oxygens (including phenoxy) is 1. The number of nitrogens with zero attached hydrogens (tertiary/aromatic N) is 2. The lowest BCUT2D eigenvalue weighted by atomic mass is 10.4. The van der Waals surface area contributed by atoms with Gasteiger partial charge in [0.25, 0.3) is 0 Å². The number of carbonyl (C=O) groups is 2. The van der Waals surface area contributed by atoms with Crippen LogP contribution in [-0.2, 0) is 9.16 Å². The van der Waals surface area contributed by atoms with Crippen LogP contribution in [0.25, 0.3) is 0 Å².